The van der Waals surface area contributed by atoms with Crippen molar-refractivity contribution in [2.45, 2.75) is 0 Å². The van der Waals surface area contributed by atoms with Gasteiger partial charge in [0.25, 0.3) is 0 Å². The van der Waals surface area contributed by atoms with Crippen molar-refractivity contribution >= 4 is 34.8 Å². The van der Waals surface area contributed by atoms with Gasteiger partial charge in [0.1, 0.15) is 0 Å². The molecule has 5 nitrogen and oxygen atoms in total. The van der Waals surface area contributed by atoms with Crippen molar-refractivity contribution in [2.75, 3.05) is 0 Å². The number of halogens is 1. The first-order chi connectivity index (χ1) is 6.59. The van der Waals surface area contributed by atoms with Crippen molar-refractivity contribution in [1.29, 1.82) is 0 Å². The lowest BCUT2D eigenvalue weighted by molar-refractivity contribution is -0.463. The second kappa shape index (κ2) is 4.80. The normalized spacial score (nSPS) is 10.4. The molecular weight excluding hydrogens is 295 g/mol. The van der Waals surface area contributed by atoms with Gasteiger partial charge in [-0.3, -0.25) is 11.5 Å². The van der Waals surface area contributed by atoms with Gasteiger partial charge in [0.2, 0.25) is 0 Å². The van der Waals surface area contributed by atoms with Gasteiger partial charge in [-0.25, -0.2) is 0 Å². The van der Waals surface area contributed by atoms with Gasteiger partial charge in [-0.2, -0.15) is 0 Å². The molecule has 0 amide bonds. The second-order valence-corrected chi connectivity index (χ2v) is 3.74. The van der Waals surface area contributed by atoms with E-state index in [1.165, 1.54) is 6.21 Å². The van der Waals surface area contributed by atoms with E-state index in [1.807, 2.05) is 24.3 Å². The van der Waals surface area contributed by atoms with Crippen molar-refractivity contribution in [3.05, 3.63) is 38.6 Å². The number of guanidine groups is 1. The van der Waals surface area contributed by atoms with Crippen LogP contribution in [0.5, 0.6) is 0 Å². The van der Waals surface area contributed by atoms with Crippen molar-refractivity contribution in [2.24, 2.45) is 16.6 Å². The number of nitrogens with two attached hydrogens (primary N) is 2. The molecule has 0 aliphatic carbocycles. The summed E-state index contributed by atoms with van der Waals surface area (Å²) in [6.07, 6.45) is 1.40. The fourth-order valence-electron chi connectivity index (χ4n) is 0.773. The maximum absolute atomic E-state index is 10.8. The molecule has 1 aromatic carbocycles. The zero-order valence-electron chi connectivity index (χ0n) is 7.22. The summed E-state index contributed by atoms with van der Waals surface area (Å²) in [4.78, 5) is 0.167. The minimum atomic E-state index is -0.383. The summed E-state index contributed by atoms with van der Waals surface area (Å²) in [5, 5.41) is 14.3. The number of rotatable bonds is 2. The molecule has 74 valence electrons. The van der Waals surface area contributed by atoms with E-state index in [1.54, 1.807) is 0 Å². The smallest absolute Gasteiger partial charge is 0.366 e. The van der Waals surface area contributed by atoms with Gasteiger partial charge in [-0.15, -0.1) is 9.95 Å². The Morgan fingerprint density at radius 3 is 2.79 bits per heavy atom. The SMILES string of the molecule is NC(N)=[N+]([O-])/N=C/c1cccc(I)c1. The molecular formula is C8H9IN4O. The van der Waals surface area contributed by atoms with Crippen molar-refractivity contribution in [3.8, 4) is 0 Å². The molecule has 0 bridgehead atoms. The molecule has 0 saturated heterocycles. The van der Waals surface area contributed by atoms with E-state index in [9.17, 15) is 5.21 Å². The molecule has 0 atom stereocenters. The van der Waals surface area contributed by atoms with E-state index in [0.29, 0.717) is 0 Å². The largest absolute Gasteiger partial charge is 0.722 e. The van der Waals surface area contributed by atoms with Gasteiger partial charge in [-0.1, -0.05) is 12.1 Å². The zero-order valence-corrected chi connectivity index (χ0v) is 9.38. The molecule has 0 aliphatic rings. The lowest BCUT2D eigenvalue weighted by atomic mass is 10.2. The quantitative estimate of drug-likeness (QED) is 0.207. The Morgan fingerprint density at radius 2 is 2.21 bits per heavy atom. The Kier molecular flexibility index (Phi) is 3.69. The molecule has 0 unspecified atom stereocenters. The van der Waals surface area contributed by atoms with Crippen LogP contribution in [0.4, 0.5) is 0 Å². The average molecular weight is 304 g/mol. The highest BCUT2D eigenvalue weighted by Gasteiger charge is 1.91. The lowest BCUT2D eigenvalue weighted by Gasteiger charge is -2.02. The van der Waals surface area contributed by atoms with E-state index in [0.717, 1.165) is 9.13 Å². The highest BCUT2D eigenvalue weighted by atomic mass is 127. The molecule has 0 aromatic heterocycles. The summed E-state index contributed by atoms with van der Waals surface area (Å²) >= 11 is 2.17. The molecule has 0 fully saturated rings. The first-order valence-corrected chi connectivity index (χ1v) is 4.82. The van der Waals surface area contributed by atoms with Gasteiger partial charge >= 0.3 is 5.96 Å². The average Bonchev–Trinajstić information content (AvgIpc) is 2.14. The van der Waals surface area contributed by atoms with Crippen LogP contribution < -0.4 is 11.5 Å². The highest BCUT2D eigenvalue weighted by Crippen LogP contribution is 2.05. The predicted octanol–water partition coefficient (Wildman–Crippen LogP) is 0.409. The second-order valence-electron chi connectivity index (χ2n) is 2.50. The van der Waals surface area contributed by atoms with Crippen LogP contribution in [0.1, 0.15) is 5.56 Å². The van der Waals surface area contributed by atoms with Crippen molar-refractivity contribution in [1.82, 2.24) is 0 Å². The lowest BCUT2D eigenvalue weighted by Crippen LogP contribution is -2.30. The van der Waals surface area contributed by atoms with Gasteiger partial charge in [-0.05, 0) is 40.3 Å². The van der Waals surface area contributed by atoms with Crippen LogP contribution in [0.15, 0.2) is 29.4 Å². The maximum atomic E-state index is 10.8. The monoisotopic (exact) mass is 304 g/mol. The van der Waals surface area contributed by atoms with Crippen LogP contribution >= 0.6 is 22.6 Å². The zero-order chi connectivity index (χ0) is 10.6. The van der Waals surface area contributed by atoms with E-state index in [2.05, 4.69) is 27.7 Å². The fourth-order valence-corrected chi connectivity index (χ4v) is 1.34. The van der Waals surface area contributed by atoms with Gasteiger partial charge in [0, 0.05) is 3.57 Å². The molecule has 14 heavy (non-hydrogen) atoms. The third-order valence-corrected chi connectivity index (χ3v) is 2.05. The first kappa shape index (κ1) is 10.8. The molecule has 0 saturated carbocycles. The molecule has 0 heterocycles. The van der Waals surface area contributed by atoms with E-state index in [-0.39, 0.29) is 10.8 Å². The van der Waals surface area contributed by atoms with Crippen LogP contribution in [0, 0.1) is 8.78 Å². The van der Waals surface area contributed by atoms with Crippen molar-refractivity contribution < 1.29 is 4.85 Å². The number of hydrogen-bond donors (Lipinski definition) is 2. The molecule has 4 N–H and O–H groups in total. The van der Waals surface area contributed by atoms with Crippen LogP contribution in [-0.2, 0) is 0 Å². The Bertz CT molecular complexity index is 385. The summed E-state index contributed by atoms with van der Waals surface area (Å²) in [7, 11) is 0. The van der Waals surface area contributed by atoms with E-state index < -0.39 is 0 Å². The third kappa shape index (κ3) is 3.21. The van der Waals surface area contributed by atoms with Gasteiger partial charge in [0.15, 0.2) is 0 Å². The molecule has 1 aromatic rings. The number of nitrogens with zero attached hydrogens (tertiary/aromatic N) is 2. The number of hydrazone groups is 1. The molecule has 0 aliphatic heterocycles. The standard InChI is InChI=1S/C8H9IN4O/c9-7-3-1-2-6(4-7)5-12-13(14)8(10)11/h1-5H,10-11H2/b12-5+. The summed E-state index contributed by atoms with van der Waals surface area (Å²) in [6, 6.07) is 7.51. The fraction of sp³-hybridized carbons (Fsp3) is 0. The highest BCUT2D eigenvalue weighted by molar-refractivity contribution is 14.1. The Balaban J connectivity index is 2.84. The minimum absolute atomic E-state index is 0.167. The van der Waals surface area contributed by atoms with E-state index in [4.69, 9.17) is 11.5 Å². The van der Waals surface area contributed by atoms with Gasteiger partial charge < -0.3 is 5.21 Å². The summed E-state index contributed by atoms with van der Waals surface area (Å²) in [6.45, 7) is 0. The molecule has 0 spiro atoms. The summed E-state index contributed by atoms with van der Waals surface area (Å²) in [5.41, 5.74) is 10.9. The van der Waals surface area contributed by atoms with E-state index >= 15 is 0 Å². The van der Waals surface area contributed by atoms with Crippen LogP contribution in [0.2, 0.25) is 0 Å². The van der Waals surface area contributed by atoms with Crippen molar-refractivity contribution in [3.63, 3.8) is 0 Å². The van der Waals surface area contributed by atoms with Crippen LogP contribution in [-0.4, -0.2) is 17.0 Å². The summed E-state index contributed by atoms with van der Waals surface area (Å²) < 4.78 is 1.06. The van der Waals surface area contributed by atoms with Crippen LogP contribution in [0.3, 0.4) is 0 Å². The number of benzene rings is 1. The van der Waals surface area contributed by atoms with Crippen LogP contribution in [0.25, 0.3) is 0 Å². The molecule has 0 radical (unpaired) electrons. The minimum Gasteiger partial charge on any atom is -0.722 e. The topological polar surface area (TPSA) is 90.5 Å². The summed E-state index contributed by atoms with van der Waals surface area (Å²) in [5.74, 6) is -0.383. The Hall–Kier alpha value is -1.31. The Morgan fingerprint density at radius 1 is 1.50 bits per heavy atom. The first-order valence-electron chi connectivity index (χ1n) is 3.74. The molecule has 1 rings (SSSR count). The Labute approximate surface area is 94.8 Å². The van der Waals surface area contributed by atoms with Gasteiger partial charge in [0.05, 0.1) is 6.21 Å². The predicted molar refractivity (Wildman–Crippen MR) is 63.8 cm³/mol. The third-order valence-electron chi connectivity index (χ3n) is 1.38. The number of hydrogen-bond acceptors (Lipinski definition) is 2. The maximum Gasteiger partial charge on any atom is 0.366 e. The molecule has 6 heteroatoms.